The highest BCUT2D eigenvalue weighted by atomic mass is 19.4. The van der Waals surface area contributed by atoms with Gasteiger partial charge in [0.05, 0.1) is 25.0 Å². The summed E-state index contributed by atoms with van der Waals surface area (Å²) in [5.41, 5.74) is 0. The molecule has 2 saturated carbocycles. The van der Waals surface area contributed by atoms with Gasteiger partial charge >= 0.3 is 23.7 Å². The summed E-state index contributed by atoms with van der Waals surface area (Å²) in [6, 6.07) is 0. The number of alkyl halides is 8. The number of hydrogen-bond acceptors (Lipinski definition) is 3. The number of carbonyl (C=O) groups is 1. The van der Waals surface area contributed by atoms with Crippen LogP contribution in [0.15, 0.2) is 0 Å². The van der Waals surface area contributed by atoms with Crippen LogP contribution < -0.4 is 0 Å². The van der Waals surface area contributed by atoms with E-state index in [9.17, 15) is 39.9 Å². The summed E-state index contributed by atoms with van der Waals surface area (Å²) in [6.07, 6.45) is 1.86. The average Bonchev–Trinajstić information content (AvgIpc) is 3.31. The van der Waals surface area contributed by atoms with Gasteiger partial charge in [-0.1, -0.05) is 0 Å². The van der Waals surface area contributed by atoms with E-state index in [2.05, 4.69) is 0 Å². The Morgan fingerprint density at radius 1 is 0.800 bits per heavy atom. The molecule has 172 valence electrons. The number of nitrogens with zero attached hydrogens (tertiary/aromatic N) is 1. The predicted molar refractivity (Wildman–Crippen MR) is 84.6 cm³/mol. The Labute approximate surface area is 166 Å². The van der Waals surface area contributed by atoms with Crippen molar-refractivity contribution in [2.75, 3.05) is 26.3 Å². The van der Waals surface area contributed by atoms with Crippen LogP contribution in [0, 0.1) is 17.8 Å². The van der Waals surface area contributed by atoms with E-state index in [1.54, 1.807) is 0 Å². The zero-order valence-electron chi connectivity index (χ0n) is 15.8. The van der Waals surface area contributed by atoms with Gasteiger partial charge in [0.25, 0.3) is 0 Å². The molecule has 2 atom stereocenters. The molecule has 0 aromatic rings. The molecule has 2 aliphatic heterocycles. The Balaban J connectivity index is 1.45. The Kier molecular flexibility index (Phi) is 4.90. The molecule has 12 heteroatoms. The van der Waals surface area contributed by atoms with Gasteiger partial charge in [-0.05, 0) is 18.8 Å². The lowest BCUT2D eigenvalue weighted by Gasteiger charge is -2.47. The normalized spacial score (nSPS) is 36.1. The number of hydrogen-bond donors (Lipinski definition) is 0. The summed E-state index contributed by atoms with van der Waals surface area (Å²) in [5.74, 6) is -30.3. The zero-order chi connectivity index (χ0) is 22.2. The van der Waals surface area contributed by atoms with Gasteiger partial charge in [-0.25, -0.2) is 0 Å². The minimum Gasteiger partial charge on any atom is -0.348 e. The monoisotopic (exact) mass is 451 g/mol. The maximum Gasteiger partial charge on any atom is 0.378 e. The van der Waals surface area contributed by atoms with E-state index in [1.165, 1.54) is 0 Å². The van der Waals surface area contributed by atoms with Crippen LogP contribution in [0.4, 0.5) is 35.1 Å². The standard InChI is InChI=1S/C18H21F8NO3/c19-15(20)11-8-27(9-12(11)16(21,22)18(25,26)17(15,23)24)13(28)7-10-1-3-14(4-2-10)29-5-6-30-14/h10-12H,1-9H2. The molecule has 2 aliphatic carbocycles. The average molecular weight is 451 g/mol. The number of rotatable bonds is 2. The lowest BCUT2D eigenvalue weighted by atomic mass is 9.71. The van der Waals surface area contributed by atoms with E-state index >= 15 is 0 Å². The molecule has 0 aromatic carbocycles. The smallest absolute Gasteiger partial charge is 0.348 e. The van der Waals surface area contributed by atoms with E-state index in [0.717, 1.165) is 0 Å². The maximum atomic E-state index is 14.1. The van der Waals surface area contributed by atoms with E-state index in [1.807, 2.05) is 0 Å². The molecule has 4 fully saturated rings. The van der Waals surface area contributed by atoms with Gasteiger partial charge in [0.15, 0.2) is 5.79 Å². The summed E-state index contributed by atoms with van der Waals surface area (Å²) in [7, 11) is 0. The first-order valence-corrected chi connectivity index (χ1v) is 9.82. The Bertz CT molecular complexity index is 666. The summed E-state index contributed by atoms with van der Waals surface area (Å²) in [5, 5.41) is 0. The van der Waals surface area contributed by atoms with Gasteiger partial charge in [-0.3, -0.25) is 4.79 Å². The fourth-order valence-corrected chi connectivity index (χ4v) is 5.11. The van der Waals surface area contributed by atoms with Gasteiger partial charge in [0.1, 0.15) is 0 Å². The number of amides is 1. The van der Waals surface area contributed by atoms with Gasteiger partial charge in [-0.2, -0.15) is 35.1 Å². The molecular formula is C18H21F8NO3. The van der Waals surface area contributed by atoms with Crippen molar-refractivity contribution in [3.63, 3.8) is 0 Å². The van der Waals surface area contributed by atoms with Gasteiger partial charge in [-0.15, -0.1) is 0 Å². The van der Waals surface area contributed by atoms with Crippen LogP contribution in [0.1, 0.15) is 32.1 Å². The van der Waals surface area contributed by atoms with Crippen LogP contribution in [0.25, 0.3) is 0 Å². The van der Waals surface area contributed by atoms with Gasteiger partial charge in [0.2, 0.25) is 5.91 Å². The van der Waals surface area contributed by atoms with Crippen molar-refractivity contribution in [3.05, 3.63) is 0 Å². The second-order valence-electron chi connectivity index (χ2n) is 8.66. The summed E-state index contributed by atoms with van der Waals surface area (Å²) < 4.78 is 122. The predicted octanol–water partition coefficient (Wildman–Crippen LogP) is 3.94. The molecule has 2 heterocycles. The second kappa shape index (κ2) is 6.66. The molecule has 0 N–H and O–H groups in total. The number of ether oxygens (including phenoxy) is 2. The van der Waals surface area contributed by atoms with Crippen molar-refractivity contribution < 1.29 is 49.4 Å². The Hall–Kier alpha value is -1.17. The van der Waals surface area contributed by atoms with E-state index < -0.39 is 60.3 Å². The van der Waals surface area contributed by atoms with Crippen LogP contribution in [0.2, 0.25) is 0 Å². The van der Waals surface area contributed by atoms with Crippen molar-refractivity contribution >= 4 is 5.91 Å². The number of fused-ring (bicyclic) bond motifs is 1. The Morgan fingerprint density at radius 3 is 1.67 bits per heavy atom. The highest BCUT2D eigenvalue weighted by molar-refractivity contribution is 5.77. The summed E-state index contributed by atoms with van der Waals surface area (Å²) in [6.45, 7) is -1.31. The largest absolute Gasteiger partial charge is 0.378 e. The van der Waals surface area contributed by atoms with E-state index in [0.29, 0.717) is 43.8 Å². The minimum absolute atomic E-state index is 0.167. The molecule has 30 heavy (non-hydrogen) atoms. The molecule has 2 saturated heterocycles. The topological polar surface area (TPSA) is 38.8 Å². The van der Waals surface area contributed by atoms with Crippen LogP contribution >= 0.6 is 0 Å². The zero-order valence-corrected chi connectivity index (χ0v) is 15.8. The molecular weight excluding hydrogens is 430 g/mol. The quantitative estimate of drug-likeness (QED) is 0.598. The SMILES string of the molecule is O=C(CC1CCC2(CC1)OCCO2)N1CC2C(C1)C(F)(F)C(F)(F)C(F)(F)C2(F)F. The molecule has 4 aliphatic rings. The lowest BCUT2D eigenvalue weighted by Crippen LogP contribution is -2.72. The van der Waals surface area contributed by atoms with Gasteiger partial charge < -0.3 is 14.4 Å². The molecule has 0 aromatic heterocycles. The van der Waals surface area contributed by atoms with Crippen LogP contribution in [-0.4, -0.2) is 66.6 Å². The molecule has 1 spiro atoms. The fraction of sp³-hybridized carbons (Fsp3) is 0.944. The first kappa shape index (κ1) is 22.0. The van der Waals surface area contributed by atoms with Crippen molar-refractivity contribution in [2.45, 2.75) is 61.6 Å². The third kappa shape index (κ3) is 2.88. The van der Waals surface area contributed by atoms with Crippen molar-refractivity contribution in [1.82, 2.24) is 4.90 Å². The number of halogens is 8. The van der Waals surface area contributed by atoms with Crippen LogP contribution in [0.3, 0.4) is 0 Å². The van der Waals surface area contributed by atoms with Crippen LogP contribution in [-0.2, 0) is 14.3 Å². The molecule has 2 unspecified atom stereocenters. The second-order valence-corrected chi connectivity index (χ2v) is 8.66. The fourth-order valence-electron chi connectivity index (χ4n) is 5.11. The van der Waals surface area contributed by atoms with Crippen molar-refractivity contribution in [3.8, 4) is 0 Å². The highest BCUT2D eigenvalue weighted by Gasteiger charge is 2.89. The molecule has 0 radical (unpaired) electrons. The molecule has 0 bridgehead atoms. The van der Waals surface area contributed by atoms with E-state index in [4.69, 9.17) is 9.47 Å². The maximum absolute atomic E-state index is 14.1. The van der Waals surface area contributed by atoms with Crippen molar-refractivity contribution in [1.29, 1.82) is 0 Å². The first-order chi connectivity index (χ1) is 13.8. The number of carbonyl (C=O) groups excluding carboxylic acids is 1. The molecule has 4 rings (SSSR count). The summed E-state index contributed by atoms with van der Waals surface area (Å²) in [4.78, 5) is 13.1. The number of likely N-dealkylation sites (tertiary alicyclic amines) is 1. The third-order valence-electron chi connectivity index (χ3n) is 6.98. The first-order valence-electron chi connectivity index (χ1n) is 9.82. The van der Waals surface area contributed by atoms with Crippen LogP contribution in [0.5, 0.6) is 0 Å². The van der Waals surface area contributed by atoms with Gasteiger partial charge in [0, 0.05) is 32.4 Å². The third-order valence-corrected chi connectivity index (χ3v) is 6.98. The highest BCUT2D eigenvalue weighted by Crippen LogP contribution is 2.65. The lowest BCUT2D eigenvalue weighted by molar-refractivity contribution is -0.418. The molecule has 4 nitrogen and oxygen atoms in total. The van der Waals surface area contributed by atoms with E-state index in [-0.39, 0.29) is 12.3 Å². The van der Waals surface area contributed by atoms with Crippen molar-refractivity contribution in [2.24, 2.45) is 17.8 Å². The Morgan fingerprint density at radius 2 is 1.23 bits per heavy atom. The minimum atomic E-state index is -6.22. The summed E-state index contributed by atoms with van der Waals surface area (Å²) >= 11 is 0. The molecule has 1 amide bonds.